The molecule has 0 aromatic heterocycles. The van der Waals surface area contributed by atoms with E-state index in [1.807, 2.05) is 42.5 Å². The van der Waals surface area contributed by atoms with Crippen molar-refractivity contribution in [2.75, 3.05) is 44.5 Å². The molecule has 0 bridgehead atoms. The van der Waals surface area contributed by atoms with Crippen molar-refractivity contribution in [3.05, 3.63) is 54.1 Å². The largest absolute Gasteiger partial charge is 0.493 e. The number of nitrogens with zero attached hydrogens (tertiary/aromatic N) is 1. The van der Waals surface area contributed by atoms with Crippen LogP contribution in [-0.4, -0.2) is 50.7 Å². The Bertz CT molecular complexity index is 918. The van der Waals surface area contributed by atoms with Crippen molar-refractivity contribution in [1.29, 1.82) is 0 Å². The summed E-state index contributed by atoms with van der Waals surface area (Å²) in [5.41, 5.74) is 2.61. The Labute approximate surface area is 191 Å². The van der Waals surface area contributed by atoms with Crippen molar-refractivity contribution >= 4 is 23.4 Å². The molecule has 1 heterocycles. The Morgan fingerprint density at radius 1 is 1.12 bits per heavy atom. The fourth-order valence-corrected chi connectivity index (χ4v) is 3.60. The summed E-state index contributed by atoms with van der Waals surface area (Å²) in [6, 6.07) is 13.9. The number of rotatable bonds is 9. The quantitative estimate of drug-likeness (QED) is 0.547. The van der Waals surface area contributed by atoms with Gasteiger partial charge < -0.3 is 25.0 Å². The van der Waals surface area contributed by atoms with Crippen LogP contribution in [0.15, 0.2) is 48.5 Å². The number of hydrogen-bond donors (Lipinski definition) is 2. The summed E-state index contributed by atoms with van der Waals surface area (Å²) >= 11 is 0. The minimum atomic E-state index is -0.179. The molecule has 6 heteroatoms. The third-order valence-electron chi connectivity index (χ3n) is 5.45. The lowest BCUT2D eigenvalue weighted by Crippen LogP contribution is -2.36. The zero-order valence-electron chi connectivity index (χ0n) is 19.6. The van der Waals surface area contributed by atoms with E-state index in [9.17, 15) is 4.79 Å². The first-order chi connectivity index (χ1) is 15.4. The van der Waals surface area contributed by atoms with Crippen LogP contribution in [0, 0.1) is 5.92 Å². The zero-order valence-corrected chi connectivity index (χ0v) is 19.6. The van der Waals surface area contributed by atoms with Crippen molar-refractivity contribution in [3.8, 4) is 11.5 Å². The molecule has 2 aromatic carbocycles. The average molecular weight is 438 g/mol. The van der Waals surface area contributed by atoms with Gasteiger partial charge in [0.05, 0.1) is 25.1 Å². The highest BCUT2D eigenvalue weighted by Gasteiger charge is 2.17. The Kier molecular flexibility index (Phi) is 8.56. The fraction of sp³-hybridized carbons (Fsp3) is 0.423. The third kappa shape index (κ3) is 7.02. The first-order valence-electron chi connectivity index (χ1n) is 11.3. The summed E-state index contributed by atoms with van der Waals surface area (Å²) in [6.45, 7) is 6.99. The van der Waals surface area contributed by atoms with Crippen LogP contribution in [0.1, 0.15) is 32.3 Å². The van der Waals surface area contributed by atoms with Crippen molar-refractivity contribution in [1.82, 2.24) is 4.90 Å². The van der Waals surface area contributed by atoms with E-state index < -0.39 is 0 Å². The normalized spacial score (nSPS) is 15.2. The molecule has 2 N–H and O–H groups in total. The minimum Gasteiger partial charge on any atom is -0.493 e. The van der Waals surface area contributed by atoms with E-state index in [4.69, 9.17) is 9.47 Å². The van der Waals surface area contributed by atoms with Gasteiger partial charge in [-0.25, -0.2) is 0 Å². The van der Waals surface area contributed by atoms with Gasteiger partial charge in [-0.3, -0.25) is 4.79 Å². The predicted octanol–water partition coefficient (Wildman–Crippen LogP) is 4.89. The Morgan fingerprint density at radius 2 is 1.84 bits per heavy atom. The summed E-state index contributed by atoms with van der Waals surface area (Å²) in [5.74, 6) is 1.61. The molecule has 32 heavy (non-hydrogen) atoms. The predicted molar refractivity (Wildman–Crippen MR) is 132 cm³/mol. The summed E-state index contributed by atoms with van der Waals surface area (Å²) in [7, 11) is 3.77. The van der Waals surface area contributed by atoms with Crippen molar-refractivity contribution in [2.45, 2.75) is 32.7 Å². The number of hydrogen-bond acceptors (Lipinski definition) is 5. The van der Waals surface area contributed by atoms with Gasteiger partial charge in [0.2, 0.25) is 5.91 Å². The molecule has 6 nitrogen and oxygen atoms in total. The molecule has 0 saturated carbocycles. The standard InChI is InChI=1S/C26H35N3O3/c1-19(2)18-32-24-11-9-20(17-25(24)31-4)10-12-26(30)28-23-8-6-5-7-22(23)27-21-13-15-29(3)16-14-21/h5-12,17,19,21,27H,13-16,18H2,1-4H3,(H,28,30). The van der Waals surface area contributed by atoms with E-state index in [1.165, 1.54) is 6.08 Å². The monoisotopic (exact) mass is 437 g/mol. The van der Waals surface area contributed by atoms with Crippen LogP contribution in [-0.2, 0) is 4.79 Å². The zero-order chi connectivity index (χ0) is 22.9. The first-order valence-corrected chi connectivity index (χ1v) is 11.3. The number of carbonyl (C=O) groups is 1. The molecule has 1 fully saturated rings. The van der Waals surface area contributed by atoms with E-state index >= 15 is 0 Å². The molecule has 1 aliphatic rings. The molecular formula is C26H35N3O3. The van der Waals surface area contributed by atoms with Gasteiger partial charge in [0.1, 0.15) is 0 Å². The van der Waals surface area contributed by atoms with Crippen molar-refractivity contribution < 1.29 is 14.3 Å². The van der Waals surface area contributed by atoms with Gasteiger partial charge in [0.15, 0.2) is 11.5 Å². The second kappa shape index (κ2) is 11.6. The molecule has 2 aromatic rings. The van der Waals surface area contributed by atoms with Gasteiger partial charge >= 0.3 is 0 Å². The summed E-state index contributed by atoms with van der Waals surface area (Å²) in [6.07, 6.45) is 5.50. The number of benzene rings is 2. The number of carbonyl (C=O) groups excluding carboxylic acids is 1. The maximum atomic E-state index is 12.6. The lowest BCUT2D eigenvalue weighted by atomic mass is 10.0. The second-order valence-corrected chi connectivity index (χ2v) is 8.71. The van der Waals surface area contributed by atoms with Crippen LogP contribution in [0.5, 0.6) is 11.5 Å². The van der Waals surface area contributed by atoms with Crippen LogP contribution in [0.4, 0.5) is 11.4 Å². The number of ether oxygens (including phenoxy) is 2. The summed E-state index contributed by atoms with van der Waals surface area (Å²) in [4.78, 5) is 14.9. The van der Waals surface area contributed by atoms with Crippen LogP contribution < -0.4 is 20.1 Å². The van der Waals surface area contributed by atoms with E-state index in [-0.39, 0.29) is 5.91 Å². The number of anilines is 2. The van der Waals surface area contributed by atoms with Crippen LogP contribution >= 0.6 is 0 Å². The van der Waals surface area contributed by atoms with Gasteiger partial charge in [0, 0.05) is 12.1 Å². The van der Waals surface area contributed by atoms with E-state index in [1.54, 1.807) is 13.2 Å². The van der Waals surface area contributed by atoms with Gasteiger partial charge in [0.25, 0.3) is 0 Å². The van der Waals surface area contributed by atoms with Crippen molar-refractivity contribution in [2.24, 2.45) is 5.92 Å². The molecule has 1 amide bonds. The molecule has 3 rings (SSSR count). The molecule has 172 valence electrons. The number of amides is 1. The molecule has 1 aliphatic heterocycles. The molecule has 0 atom stereocenters. The highest BCUT2D eigenvalue weighted by Crippen LogP contribution is 2.29. The molecule has 1 saturated heterocycles. The van der Waals surface area contributed by atoms with E-state index in [2.05, 4.69) is 36.4 Å². The lowest BCUT2D eigenvalue weighted by Gasteiger charge is -2.30. The molecule has 0 radical (unpaired) electrons. The fourth-order valence-electron chi connectivity index (χ4n) is 3.60. The molecule has 0 aliphatic carbocycles. The number of piperidine rings is 1. The maximum Gasteiger partial charge on any atom is 0.248 e. The van der Waals surface area contributed by atoms with Crippen molar-refractivity contribution in [3.63, 3.8) is 0 Å². The Balaban J connectivity index is 1.62. The van der Waals surface area contributed by atoms with E-state index in [0.29, 0.717) is 30.1 Å². The smallest absolute Gasteiger partial charge is 0.248 e. The van der Waals surface area contributed by atoms with Gasteiger partial charge in [-0.15, -0.1) is 0 Å². The second-order valence-electron chi connectivity index (χ2n) is 8.71. The lowest BCUT2D eigenvalue weighted by molar-refractivity contribution is -0.111. The van der Waals surface area contributed by atoms with Crippen LogP contribution in [0.3, 0.4) is 0 Å². The van der Waals surface area contributed by atoms with Crippen LogP contribution in [0.25, 0.3) is 6.08 Å². The first kappa shape index (κ1) is 23.7. The maximum absolute atomic E-state index is 12.6. The number of likely N-dealkylation sites (tertiary alicyclic amines) is 1. The van der Waals surface area contributed by atoms with Gasteiger partial charge in [-0.1, -0.05) is 32.0 Å². The van der Waals surface area contributed by atoms with Gasteiger partial charge in [-0.2, -0.15) is 0 Å². The Hall–Kier alpha value is -2.99. The topological polar surface area (TPSA) is 62.8 Å². The third-order valence-corrected chi connectivity index (χ3v) is 5.45. The summed E-state index contributed by atoms with van der Waals surface area (Å²) in [5, 5.41) is 6.59. The molecular weight excluding hydrogens is 402 g/mol. The SMILES string of the molecule is COc1cc(C=CC(=O)Nc2ccccc2NC2CCN(C)CC2)ccc1OCC(C)C. The number of nitrogens with one attached hydrogen (secondary N) is 2. The van der Waals surface area contributed by atoms with Crippen LogP contribution in [0.2, 0.25) is 0 Å². The minimum absolute atomic E-state index is 0.179. The highest BCUT2D eigenvalue weighted by molar-refractivity contribution is 6.03. The Morgan fingerprint density at radius 3 is 2.53 bits per heavy atom. The number of para-hydroxylation sites is 2. The number of methoxy groups -OCH3 is 1. The summed E-state index contributed by atoms with van der Waals surface area (Å²) < 4.78 is 11.2. The van der Waals surface area contributed by atoms with E-state index in [0.717, 1.165) is 42.9 Å². The highest BCUT2D eigenvalue weighted by atomic mass is 16.5. The molecule has 0 unspecified atom stereocenters. The average Bonchev–Trinajstić information content (AvgIpc) is 2.79. The van der Waals surface area contributed by atoms with Gasteiger partial charge in [-0.05, 0) is 74.8 Å². The molecule has 0 spiro atoms.